The molecule has 0 bridgehead atoms. The Morgan fingerprint density at radius 1 is 1.07 bits per heavy atom. The number of methoxy groups -OCH3 is 1. The molecule has 1 fully saturated rings. The average Bonchev–Trinajstić information content (AvgIpc) is 2.21. The summed E-state index contributed by atoms with van der Waals surface area (Å²) in [5.74, 6) is 1.49. The number of ether oxygens (including phenoxy) is 2. The smallest absolute Gasteiger partial charge is 0.0497 e. The molecule has 0 heterocycles. The van der Waals surface area contributed by atoms with Gasteiger partial charge in [-0.25, -0.2) is 0 Å². The molecule has 0 aromatic heterocycles. The van der Waals surface area contributed by atoms with Crippen molar-refractivity contribution in [3.8, 4) is 0 Å². The summed E-state index contributed by atoms with van der Waals surface area (Å²) in [6.45, 7) is 4.94. The average molecular weight is 200 g/mol. The van der Waals surface area contributed by atoms with Gasteiger partial charge < -0.3 is 9.47 Å². The lowest BCUT2D eigenvalue weighted by atomic mass is 9.80. The number of rotatable bonds is 6. The molecule has 0 amide bonds. The fraction of sp³-hybridized carbons (Fsp3) is 1.00. The molecular formula is C12H24O2. The van der Waals surface area contributed by atoms with Gasteiger partial charge in [-0.05, 0) is 31.1 Å². The molecule has 0 aromatic rings. The molecule has 0 saturated heterocycles. The fourth-order valence-corrected chi connectivity index (χ4v) is 2.32. The van der Waals surface area contributed by atoms with Crippen LogP contribution in [0.4, 0.5) is 0 Å². The highest BCUT2D eigenvalue weighted by Gasteiger charge is 2.24. The van der Waals surface area contributed by atoms with E-state index in [1.54, 1.807) is 7.11 Å². The lowest BCUT2D eigenvalue weighted by Crippen LogP contribution is -2.27. The van der Waals surface area contributed by atoms with Gasteiger partial charge in [0.1, 0.15) is 0 Å². The first-order valence-electron chi connectivity index (χ1n) is 5.95. The van der Waals surface area contributed by atoms with Crippen molar-refractivity contribution in [1.29, 1.82) is 0 Å². The predicted molar refractivity (Wildman–Crippen MR) is 58.4 cm³/mol. The van der Waals surface area contributed by atoms with E-state index in [4.69, 9.17) is 9.47 Å². The molecule has 0 aliphatic heterocycles. The third kappa shape index (κ3) is 3.97. The Hall–Kier alpha value is -0.0800. The minimum absolute atomic E-state index is 0.741. The van der Waals surface area contributed by atoms with Crippen LogP contribution in [-0.2, 0) is 9.47 Å². The molecule has 1 aliphatic carbocycles. The second kappa shape index (κ2) is 7.24. The molecule has 1 aliphatic rings. The van der Waals surface area contributed by atoms with Gasteiger partial charge in [-0.1, -0.05) is 19.8 Å². The van der Waals surface area contributed by atoms with Crippen molar-refractivity contribution in [3.63, 3.8) is 0 Å². The maximum atomic E-state index is 5.64. The Balaban J connectivity index is 2.22. The van der Waals surface area contributed by atoms with E-state index in [0.717, 1.165) is 38.1 Å². The van der Waals surface area contributed by atoms with Gasteiger partial charge in [0, 0.05) is 26.9 Å². The maximum absolute atomic E-state index is 5.64. The lowest BCUT2D eigenvalue weighted by molar-refractivity contribution is 0.0278. The molecule has 0 radical (unpaired) electrons. The van der Waals surface area contributed by atoms with Crippen LogP contribution in [0.1, 0.15) is 39.0 Å². The highest BCUT2D eigenvalue weighted by atomic mass is 16.5. The van der Waals surface area contributed by atoms with Crippen molar-refractivity contribution in [1.82, 2.24) is 0 Å². The van der Waals surface area contributed by atoms with E-state index in [9.17, 15) is 0 Å². The third-order valence-electron chi connectivity index (χ3n) is 3.13. The van der Waals surface area contributed by atoms with E-state index >= 15 is 0 Å². The monoisotopic (exact) mass is 200 g/mol. The minimum atomic E-state index is 0.741. The van der Waals surface area contributed by atoms with Gasteiger partial charge in [0.25, 0.3) is 0 Å². The van der Waals surface area contributed by atoms with Crippen molar-refractivity contribution >= 4 is 0 Å². The number of hydrogen-bond acceptors (Lipinski definition) is 2. The molecule has 2 nitrogen and oxygen atoms in total. The Morgan fingerprint density at radius 3 is 2.29 bits per heavy atom. The number of hydrogen-bond donors (Lipinski definition) is 0. The van der Waals surface area contributed by atoms with Crippen LogP contribution in [0, 0.1) is 11.8 Å². The first-order chi connectivity index (χ1) is 6.88. The summed E-state index contributed by atoms with van der Waals surface area (Å²) in [4.78, 5) is 0. The Bertz CT molecular complexity index is 134. The Labute approximate surface area is 88.0 Å². The molecule has 1 rings (SSSR count). The van der Waals surface area contributed by atoms with Crippen molar-refractivity contribution in [2.45, 2.75) is 39.0 Å². The van der Waals surface area contributed by atoms with Gasteiger partial charge in [0.05, 0.1) is 0 Å². The molecule has 0 aromatic carbocycles. The van der Waals surface area contributed by atoms with Crippen LogP contribution in [0.5, 0.6) is 0 Å². The summed E-state index contributed by atoms with van der Waals surface area (Å²) < 4.78 is 10.9. The second-order valence-electron chi connectivity index (χ2n) is 4.33. The maximum Gasteiger partial charge on any atom is 0.0497 e. The summed E-state index contributed by atoms with van der Waals surface area (Å²) in [5.41, 5.74) is 0. The van der Waals surface area contributed by atoms with Crippen molar-refractivity contribution in [3.05, 3.63) is 0 Å². The SMILES string of the molecule is CCCOC[C@H]1CCCC[C@H]1COC. The van der Waals surface area contributed by atoms with Crippen molar-refractivity contribution in [2.75, 3.05) is 26.9 Å². The quantitative estimate of drug-likeness (QED) is 0.614. The largest absolute Gasteiger partial charge is 0.384 e. The second-order valence-corrected chi connectivity index (χ2v) is 4.33. The zero-order chi connectivity index (χ0) is 10.2. The van der Waals surface area contributed by atoms with Gasteiger partial charge >= 0.3 is 0 Å². The minimum Gasteiger partial charge on any atom is -0.384 e. The van der Waals surface area contributed by atoms with Gasteiger partial charge in [-0.3, -0.25) is 0 Å². The Morgan fingerprint density at radius 2 is 1.71 bits per heavy atom. The molecular weight excluding hydrogens is 176 g/mol. The molecule has 14 heavy (non-hydrogen) atoms. The van der Waals surface area contributed by atoms with Crippen molar-refractivity contribution in [2.24, 2.45) is 11.8 Å². The zero-order valence-electron chi connectivity index (χ0n) is 9.63. The molecule has 1 saturated carbocycles. The van der Waals surface area contributed by atoms with Crippen LogP contribution in [0.2, 0.25) is 0 Å². The lowest BCUT2D eigenvalue weighted by Gasteiger charge is -2.30. The molecule has 2 heteroatoms. The Kier molecular flexibility index (Phi) is 6.20. The summed E-state index contributed by atoms with van der Waals surface area (Å²) in [7, 11) is 1.80. The fourth-order valence-electron chi connectivity index (χ4n) is 2.32. The van der Waals surface area contributed by atoms with E-state index < -0.39 is 0 Å². The summed E-state index contributed by atoms with van der Waals surface area (Å²) in [6.07, 6.45) is 6.53. The zero-order valence-corrected chi connectivity index (χ0v) is 9.63. The first-order valence-corrected chi connectivity index (χ1v) is 5.95. The van der Waals surface area contributed by atoms with Gasteiger partial charge in [-0.15, -0.1) is 0 Å². The summed E-state index contributed by atoms with van der Waals surface area (Å²) >= 11 is 0. The highest BCUT2D eigenvalue weighted by molar-refractivity contribution is 4.74. The van der Waals surface area contributed by atoms with Gasteiger partial charge in [0.2, 0.25) is 0 Å². The third-order valence-corrected chi connectivity index (χ3v) is 3.13. The van der Waals surface area contributed by atoms with Crippen LogP contribution < -0.4 is 0 Å². The molecule has 0 N–H and O–H groups in total. The van der Waals surface area contributed by atoms with Gasteiger partial charge in [0.15, 0.2) is 0 Å². The summed E-state index contributed by atoms with van der Waals surface area (Å²) in [5, 5.41) is 0. The molecule has 0 unspecified atom stereocenters. The topological polar surface area (TPSA) is 18.5 Å². The van der Waals surface area contributed by atoms with Crippen molar-refractivity contribution < 1.29 is 9.47 Å². The van der Waals surface area contributed by atoms with Gasteiger partial charge in [-0.2, -0.15) is 0 Å². The van der Waals surface area contributed by atoms with Crippen LogP contribution in [-0.4, -0.2) is 26.9 Å². The van der Waals surface area contributed by atoms with Crippen LogP contribution in [0.25, 0.3) is 0 Å². The van der Waals surface area contributed by atoms with E-state index in [2.05, 4.69) is 6.92 Å². The van der Waals surface area contributed by atoms with E-state index in [1.807, 2.05) is 0 Å². The predicted octanol–water partition coefficient (Wildman–Crippen LogP) is 2.87. The molecule has 0 spiro atoms. The van der Waals surface area contributed by atoms with Crippen LogP contribution in [0.3, 0.4) is 0 Å². The molecule has 84 valence electrons. The highest BCUT2D eigenvalue weighted by Crippen LogP contribution is 2.30. The molecule has 2 atom stereocenters. The standard InChI is InChI=1S/C12H24O2/c1-3-8-14-10-12-7-5-4-6-11(12)9-13-2/h11-12H,3-10H2,1-2H3/t11-,12+/m0/s1. The van der Waals surface area contributed by atoms with E-state index in [0.29, 0.717) is 0 Å². The normalized spacial score (nSPS) is 27.9. The van der Waals surface area contributed by atoms with Crippen LogP contribution in [0.15, 0.2) is 0 Å². The van der Waals surface area contributed by atoms with E-state index in [-0.39, 0.29) is 0 Å². The van der Waals surface area contributed by atoms with Crippen LogP contribution >= 0.6 is 0 Å². The van der Waals surface area contributed by atoms with E-state index in [1.165, 1.54) is 25.7 Å². The first kappa shape index (κ1) is 12.0. The summed E-state index contributed by atoms with van der Waals surface area (Å²) in [6, 6.07) is 0.